The van der Waals surface area contributed by atoms with Gasteiger partial charge in [0.15, 0.2) is 6.61 Å². The van der Waals surface area contributed by atoms with Crippen LogP contribution >= 0.6 is 47.8 Å². The van der Waals surface area contributed by atoms with Gasteiger partial charge in [0.05, 0.1) is 22.3 Å². The zero-order chi connectivity index (χ0) is 19.3. The van der Waals surface area contributed by atoms with E-state index >= 15 is 0 Å². The van der Waals surface area contributed by atoms with Crippen LogP contribution in [0.2, 0.25) is 0 Å². The van der Waals surface area contributed by atoms with Crippen molar-refractivity contribution in [3.63, 3.8) is 0 Å². The summed E-state index contributed by atoms with van der Waals surface area (Å²) in [5, 5.41) is 3.97. The number of carbonyl (C=O) groups excluding carboxylic acids is 1. The molecule has 1 amide bonds. The van der Waals surface area contributed by atoms with E-state index in [0.717, 1.165) is 24.5 Å². The lowest BCUT2D eigenvalue weighted by Gasteiger charge is -2.11. The first-order chi connectivity index (χ1) is 12.3. The molecule has 2 rings (SSSR count). The Morgan fingerprint density at radius 3 is 2.46 bits per heavy atom. The second-order valence-corrected chi connectivity index (χ2v) is 8.11. The molecule has 0 saturated heterocycles. The van der Waals surface area contributed by atoms with Crippen molar-refractivity contribution in [1.82, 2.24) is 5.43 Å². The van der Waals surface area contributed by atoms with Gasteiger partial charge in [-0.15, -0.1) is 0 Å². The summed E-state index contributed by atoms with van der Waals surface area (Å²) in [6.07, 6.45) is 1.51. The third kappa shape index (κ3) is 5.56. The summed E-state index contributed by atoms with van der Waals surface area (Å²) in [6.45, 7) is 3.79. The molecule has 2 aromatic carbocycles. The number of nitrogens with one attached hydrogen (secondary N) is 1. The quantitative estimate of drug-likeness (QED) is 0.402. The van der Waals surface area contributed by atoms with E-state index in [1.54, 1.807) is 7.11 Å². The molecule has 138 valence electrons. The Hall–Kier alpha value is -1.38. The van der Waals surface area contributed by atoms with Gasteiger partial charge in [0.2, 0.25) is 0 Å². The van der Waals surface area contributed by atoms with Gasteiger partial charge in [-0.1, -0.05) is 22.0 Å². The van der Waals surface area contributed by atoms with E-state index in [0.29, 0.717) is 17.1 Å². The average molecular weight is 549 g/mol. The highest BCUT2D eigenvalue weighted by molar-refractivity contribution is 9.11. The highest BCUT2D eigenvalue weighted by atomic mass is 79.9. The molecular formula is C18H17Br3N2O3. The molecule has 8 heteroatoms. The summed E-state index contributed by atoms with van der Waals surface area (Å²) in [4.78, 5) is 12.0. The van der Waals surface area contributed by atoms with Crippen LogP contribution in [0, 0.1) is 13.8 Å². The molecule has 0 aliphatic rings. The number of hydrogen-bond acceptors (Lipinski definition) is 4. The molecule has 0 aromatic heterocycles. The van der Waals surface area contributed by atoms with Crippen molar-refractivity contribution in [3.8, 4) is 11.5 Å². The van der Waals surface area contributed by atoms with E-state index in [9.17, 15) is 4.79 Å². The Labute approximate surface area is 177 Å². The fourth-order valence-corrected chi connectivity index (χ4v) is 4.53. The standard InChI is InChI=1S/C18H17Br3N2O3/c1-10-4-11(2)17(14(20)5-10)26-9-16(24)23-22-8-12-6-13(19)7-15(21)18(12)25-3/h4-8H,9H2,1-3H3,(H,23,24)/b22-8-. The third-order valence-electron chi connectivity index (χ3n) is 3.36. The van der Waals surface area contributed by atoms with Gasteiger partial charge >= 0.3 is 0 Å². The number of carbonyl (C=O) groups is 1. The van der Waals surface area contributed by atoms with Gasteiger partial charge in [-0.3, -0.25) is 4.79 Å². The molecule has 2 aromatic rings. The minimum atomic E-state index is -0.360. The number of hydrogen-bond donors (Lipinski definition) is 1. The number of ether oxygens (including phenoxy) is 2. The number of halogens is 3. The minimum Gasteiger partial charge on any atom is -0.495 e. The number of benzene rings is 2. The second kappa shape index (κ2) is 9.53. The number of hydrazone groups is 1. The van der Waals surface area contributed by atoms with Gasteiger partial charge in [0.25, 0.3) is 5.91 Å². The van der Waals surface area contributed by atoms with Crippen LogP contribution in [-0.4, -0.2) is 25.8 Å². The van der Waals surface area contributed by atoms with Crippen LogP contribution in [0.15, 0.2) is 42.8 Å². The maximum Gasteiger partial charge on any atom is 0.277 e. The van der Waals surface area contributed by atoms with E-state index in [2.05, 4.69) is 58.3 Å². The average Bonchev–Trinajstić information content (AvgIpc) is 2.53. The third-order valence-corrected chi connectivity index (χ3v) is 4.99. The van der Waals surface area contributed by atoms with E-state index in [1.165, 1.54) is 6.21 Å². The Morgan fingerprint density at radius 1 is 1.12 bits per heavy atom. The summed E-state index contributed by atoms with van der Waals surface area (Å²) in [5.74, 6) is 0.912. The molecule has 26 heavy (non-hydrogen) atoms. The Morgan fingerprint density at radius 2 is 1.81 bits per heavy atom. The fourth-order valence-electron chi connectivity index (χ4n) is 2.32. The van der Waals surface area contributed by atoms with Crippen LogP contribution < -0.4 is 14.9 Å². The van der Waals surface area contributed by atoms with E-state index in [4.69, 9.17) is 9.47 Å². The normalized spacial score (nSPS) is 10.8. The summed E-state index contributed by atoms with van der Waals surface area (Å²) in [5.41, 5.74) is 5.23. The minimum absolute atomic E-state index is 0.140. The topological polar surface area (TPSA) is 59.9 Å². The van der Waals surface area contributed by atoms with E-state index < -0.39 is 0 Å². The molecule has 1 N–H and O–H groups in total. The SMILES string of the molecule is COc1c(Br)cc(Br)cc1/C=N\NC(=O)COc1c(C)cc(C)cc1Br. The first kappa shape index (κ1) is 20.9. The van der Waals surface area contributed by atoms with Crippen molar-refractivity contribution < 1.29 is 14.3 Å². The van der Waals surface area contributed by atoms with Gasteiger partial charge in [-0.05, 0) is 75.0 Å². The number of rotatable bonds is 6. The number of nitrogens with zero attached hydrogens (tertiary/aromatic N) is 1. The second-order valence-electron chi connectivity index (χ2n) is 5.48. The molecule has 0 unspecified atom stereocenters. The predicted octanol–water partition coefficient (Wildman–Crippen LogP) is 5.13. The zero-order valence-corrected chi connectivity index (χ0v) is 19.2. The Kier molecular flexibility index (Phi) is 7.67. The smallest absolute Gasteiger partial charge is 0.277 e. The Bertz CT molecular complexity index is 831. The summed E-state index contributed by atoms with van der Waals surface area (Å²) in [7, 11) is 1.57. The maximum atomic E-state index is 12.0. The first-order valence-electron chi connectivity index (χ1n) is 7.56. The molecular weight excluding hydrogens is 532 g/mol. The van der Waals surface area contributed by atoms with Crippen molar-refractivity contribution in [2.45, 2.75) is 13.8 Å². The van der Waals surface area contributed by atoms with E-state index in [1.807, 2.05) is 38.1 Å². The van der Waals surface area contributed by atoms with Crippen molar-refractivity contribution in [2.24, 2.45) is 5.10 Å². The highest BCUT2D eigenvalue weighted by Crippen LogP contribution is 2.32. The first-order valence-corrected chi connectivity index (χ1v) is 9.94. The molecule has 0 fully saturated rings. The number of methoxy groups -OCH3 is 1. The number of amides is 1. The lowest BCUT2D eigenvalue weighted by atomic mass is 10.1. The van der Waals surface area contributed by atoms with Gasteiger partial charge in [-0.25, -0.2) is 5.43 Å². The van der Waals surface area contributed by atoms with Crippen molar-refractivity contribution >= 4 is 59.9 Å². The predicted molar refractivity (Wildman–Crippen MR) is 113 cm³/mol. The lowest BCUT2D eigenvalue weighted by Crippen LogP contribution is -2.25. The maximum absolute atomic E-state index is 12.0. The van der Waals surface area contributed by atoms with E-state index in [-0.39, 0.29) is 12.5 Å². The van der Waals surface area contributed by atoms with Crippen LogP contribution in [0.1, 0.15) is 16.7 Å². The van der Waals surface area contributed by atoms with Gasteiger partial charge in [0.1, 0.15) is 11.5 Å². The summed E-state index contributed by atoms with van der Waals surface area (Å²) in [6, 6.07) is 7.64. The molecule has 5 nitrogen and oxygen atoms in total. The van der Waals surface area contributed by atoms with Crippen molar-refractivity contribution in [3.05, 3.63) is 54.4 Å². The molecule has 0 radical (unpaired) electrons. The van der Waals surface area contributed by atoms with Crippen LogP contribution in [0.5, 0.6) is 11.5 Å². The van der Waals surface area contributed by atoms with Crippen LogP contribution in [0.4, 0.5) is 0 Å². The molecule has 0 aliphatic carbocycles. The van der Waals surface area contributed by atoms with Crippen molar-refractivity contribution in [2.75, 3.05) is 13.7 Å². The zero-order valence-electron chi connectivity index (χ0n) is 14.4. The monoisotopic (exact) mass is 546 g/mol. The van der Waals surface area contributed by atoms with Crippen molar-refractivity contribution in [1.29, 1.82) is 0 Å². The molecule has 0 heterocycles. The summed E-state index contributed by atoms with van der Waals surface area (Å²) >= 11 is 10.3. The van der Waals surface area contributed by atoms with Gasteiger partial charge in [0, 0.05) is 10.0 Å². The van der Waals surface area contributed by atoms with Crippen LogP contribution in [0.25, 0.3) is 0 Å². The highest BCUT2D eigenvalue weighted by Gasteiger charge is 2.10. The fraction of sp³-hybridized carbons (Fsp3) is 0.222. The largest absolute Gasteiger partial charge is 0.495 e. The number of aryl methyl sites for hydroxylation is 2. The molecule has 0 aliphatic heterocycles. The molecule has 0 atom stereocenters. The van der Waals surface area contributed by atoms with Crippen LogP contribution in [0.3, 0.4) is 0 Å². The van der Waals surface area contributed by atoms with Gasteiger partial charge < -0.3 is 9.47 Å². The summed E-state index contributed by atoms with van der Waals surface area (Å²) < 4.78 is 13.4. The Balaban J connectivity index is 1.99. The molecule has 0 bridgehead atoms. The van der Waals surface area contributed by atoms with Crippen LogP contribution in [-0.2, 0) is 4.79 Å². The lowest BCUT2D eigenvalue weighted by molar-refractivity contribution is -0.123. The van der Waals surface area contributed by atoms with Gasteiger partial charge in [-0.2, -0.15) is 5.10 Å². The molecule has 0 spiro atoms. The molecule has 0 saturated carbocycles.